The van der Waals surface area contributed by atoms with E-state index in [9.17, 15) is 17.6 Å². The molecule has 1 aromatic carbocycles. The van der Waals surface area contributed by atoms with Crippen LogP contribution in [0.3, 0.4) is 0 Å². The zero-order valence-corrected chi connectivity index (χ0v) is 19.3. The predicted octanol–water partition coefficient (Wildman–Crippen LogP) is 4.02. The van der Waals surface area contributed by atoms with Crippen LogP contribution in [-0.2, 0) is 16.4 Å². The van der Waals surface area contributed by atoms with Crippen molar-refractivity contribution in [2.24, 2.45) is 0 Å². The first-order valence-electron chi connectivity index (χ1n) is 10.5. The molecule has 6 nitrogen and oxygen atoms in total. The highest BCUT2D eigenvalue weighted by Crippen LogP contribution is 2.31. The molecule has 1 aliphatic rings. The van der Waals surface area contributed by atoms with Crippen molar-refractivity contribution < 1.29 is 17.6 Å². The van der Waals surface area contributed by atoms with Gasteiger partial charge in [0.05, 0.1) is 28.6 Å². The molecule has 1 aliphatic heterocycles. The molecule has 1 amide bonds. The van der Waals surface area contributed by atoms with Gasteiger partial charge in [-0.25, -0.2) is 12.8 Å². The second kappa shape index (κ2) is 8.70. The van der Waals surface area contributed by atoms with Gasteiger partial charge in [-0.2, -0.15) is 5.10 Å². The molecule has 4 rings (SSSR count). The summed E-state index contributed by atoms with van der Waals surface area (Å²) < 4.78 is 39.0. The number of rotatable bonds is 7. The molecule has 1 saturated heterocycles. The van der Waals surface area contributed by atoms with Crippen LogP contribution in [0.25, 0.3) is 10.2 Å². The second-order valence-electron chi connectivity index (χ2n) is 8.11. The Kier molecular flexibility index (Phi) is 6.16. The lowest BCUT2D eigenvalue weighted by atomic mass is 10.2. The maximum atomic E-state index is 13.4. The minimum absolute atomic E-state index is 0.0464. The van der Waals surface area contributed by atoms with Crippen LogP contribution >= 0.6 is 11.3 Å². The van der Waals surface area contributed by atoms with Gasteiger partial charge in [-0.1, -0.05) is 25.5 Å². The van der Waals surface area contributed by atoms with Crippen molar-refractivity contribution in [2.45, 2.75) is 45.7 Å². The number of benzene rings is 1. The third-order valence-corrected chi connectivity index (χ3v) is 8.61. The summed E-state index contributed by atoms with van der Waals surface area (Å²) in [7, 11) is -3.08. The molecule has 0 bridgehead atoms. The number of unbranched alkanes of at least 4 members (excludes halogenated alkanes) is 1. The van der Waals surface area contributed by atoms with Gasteiger partial charge in [0.15, 0.2) is 9.84 Å². The summed E-state index contributed by atoms with van der Waals surface area (Å²) in [5.41, 5.74) is 1.75. The molecule has 0 N–H and O–H groups in total. The van der Waals surface area contributed by atoms with Gasteiger partial charge in [-0.3, -0.25) is 9.48 Å². The van der Waals surface area contributed by atoms with Gasteiger partial charge in [0.25, 0.3) is 5.91 Å². The molecule has 166 valence electrons. The molecule has 1 atom stereocenters. The van der Waals surface area contributed by atoms with Crippen LogP contribution in [0.5, 0.6) is 0 Å². The fourth-order valence-electron chi connectivity index (χ4n) is 4.03. The number of fused-ring (bicyclic) bond motifs is 1. The van der Waals surface area contributed by atoms with Crippen molar-refractivity contribution in [1.82, 2.24) is 14.7 Å². The highest BCUT2D eigenvalue weighted by atomic mass is 32.2. The number of hydrogen-bond acceptors (Lipinski definition) is 5. The summed E-state index contributed by atoms with van der Waals surface area (Å²) in [5.74, 6) is -0.198. The second-order valence-corrected chi connectivity index (χ2v) is 11.4. The van der Waals surface area contributed by atoms with E-state index in [4.69, 9.17) is 0 Å². The maximum Gasteiger partial charge on any atom is 0.264 e. The largest absolute Gasteiger partial charge is 0.334 e. The number of thiophene rings is 1. The molecule has 9 heteroatoms. The van der Waals surface area contributed by atoms with Crippen LogP contribution in [0.1, 0.15) is 47.1 Å². The molecule has 1 unspecified atom stereocenters. The molecule has 2 aromatic heterocycles. The van der Waals surface area contributed by atoms with E-state index < -0.39 is 9.84 Å². The van der Waals surface area contributed by atoms with E-state index in [2.05, 4.69) is 12.0 Å². The van der Waals surface area contributed by atoms with Crippen molar-refractivity contribution >= 4 is 37.3 Å². The Hall–Kier alpha value is -2.26. The Balaban J connectivity index is 1.63. The van der Waals surface area contributed by atoms with Crippen LogP contribution < -0.4 is 0 Å². The summed E-state index contributed by atoms with van der Waals surface area (Å²) in [4.78, 5) is 16.7. The SMILES string of the molecule is CCCCN(C(=O)c1cc2c(C)nn(Cc3ccc(F)cc3)c2s1)C1CCS(=O)(=O)C1. The van der Waals surface area contributed by atoms with Gasteiger partial charge in [0, 0.05) is 18.0 Å². The van der Waals surface area contributed by atoms with Gasteiger partial charge in [-0.05, 0) is 43.5 Å². The minimum Gasteiger partial charge on any atom is -0.334 e. The number of carbonyl (C=O) groups is 1. The van der Waals surface area contributed by atoms with Crippen LogP contribution in [0.15, 0.2) is 30.3 Å². The van der Waals surface area contributed by atoms with E-state index in [0.29, 0.717) is 24.4 Å². The molecular weight excluding hydrogens is 437 g/mol. The van der Waals surface area contributed by atoms with E-state index in [0.717, 1.165) is 34.3 Å². The van der Waals surface area contributed by atoms with Crippen molar-refractivity contribution in [3.8, 4) is 0 Å². The number of aryl methyl sites for hydroxylation is 1. The van der Waals surface area contributed by atoms with Gasteiger partial charge in [-0.15, -0.1) is 11.3 Å². The predicted molar refractivity (Wildman–Crippen MR) is 121 cm³/mol. The summed E-state index contributed by atoms with van der Waals surface area (Å²) in [6.07, 6.45) is 2.27. The molecule has 31 heavy (non-hydrogen) atoms. The Bertz CT molecular complexity index is 1200. The molecule has 0 aliphatic carbocycles. The lowest BCUT2D eigenvalue weighted by Gasteiger charge is -2.27. The lowest BCUT2D eigenvalue weighted by Crippen LogP contribution is -2.41. The van der Waals surface area contributed by atoms with E-state index in [-0.39, 0.29) is 29.3 Å². The Labute approximate surface area is 185 Å². The smallest absolute Gasteiger partial charge is 0.264 e. The number of aromatic nitrogens is 2. The minimum atomic E-state index is -3.08. The lowest BCUT2D eigenvalue weighted by molar-refractivity contribution is 0.0699. The first-order chi connectivity index (χ1) is 14.8. The number of sulfone groups is 1. The third kappa shape index (κ3) is 4.67. The van der Waals surface area contributed by atoms with E-state index in [1.807, 2.05) is 17.7 Å². The number of amides is 1. The number of carbonyl (C=O) groups excluding carboxylic acids is 1. The standard InChI is InChI=1S/C22H26FN3O3S2/c1-3-4-10-25(18-9-11-31(28,29)14-18)21(27)20-12-19-15(2)24-26(22(19)30-20)13-16-5-7-17(23)8-6-16/h5-8,12,18H,3-4,9-11,13-14H2,1-2H3. The number of halogens is 1. The molecule has 0 saturated carbocycles. The zero-order chi connectivity index (χ0) is 22.2. The molecule has 0 radical (unpaired) electrons. The molecule has 3 heterocycles. The third-order valence-electron chi connectivity index (χ3n) is 5.73. The summed E-state index contributed by atoms with van der Waals surface area (Å²) in [5, 5.41) is 5.51. The molecular formula is C22H26FN3O3S2. The Morgan fingerprint density at radius 1 is 1.32 bits per heavy atom. The van der Waals surface area contributed by atoms with E-state index >= 15 is 0 Å². The summed E-state index contributed by atoms with van der Waals surface area (Å²) >= 11 is 1.38. The molecule has 0 spiro atoms. The first kappa shape index (κ1) is 22.0. The topological polar surface area (TPSA) is 72.3 Å². The van der Waals surface area contributed by atoms with Gasteiger partial charge in [0.2, 0.25) is 0 Å². The van der Waals surface area contributed by atoms with Gasteiger partial charge >= 0.3 is 0 Å². The van der Waals surface area contributed by atoms with Crippen LogP contribution in [-0.4, -0.2) is 53.1 Å². The van der Waals surface area contributed by atoms with Crippen molar-refractivity contribution in [2.75, 3.05) is 18.1 Å². The van der Waals surface area contributed by atoms with E-state index in [1.165, 1.54) is 23.5 Å². The highest BCUT2D eigenvalue weighted by molar-refractivity contribution is 7.91. The number of hydrogen-bond donors (Lipinski definition) is 0. The van der Waals surface area contributed by atoms with Crippen LogP contribution in [0, 0.1) is 12.7 Å². The van der Waals surface area contributed by atoms with Crippen LogP contribution in [0.4, 0.5) is 4.39 Å². The van der Waals surface area contributed by atoms with Crippen molar-refractivity contribution in [3.63, 3.8) is 0 Å². The molecule has 1 fully saturated rings. The van der Waals surface area contributed by atoms with Gasteiger partial charge < -0.3 is 4.90 Å². The highest BCUT2D eigenvalue weighted by Gasteiger charge is 2.35. The fraction of sp³-hybridized carbons (Fsp3) is 0.455. The monoisotopic (exact) mass is 463 g/mol. The Morgan fingerprint density at radius 2 is 2.06 bits per heavy atom. The fourth-order valence-corrected chi connectivity index (χ4v) is 6.88. The average molecular weight is 464 g/mol. The van der Waals surface area contributed by atoms with E-state index in [1.54, 1.807) is 17.0 Å². The molecule has 3 aromatic rings. The summed E-state index contributed by atoms with van der Waals surface area (Å²) in [6, 6.07) is 7.91. The first-order valence-corrected chi connectivity index (χ1v) is 13.1. The van der Waals surface area contributed by atoms with Crippen molar-refractivity contribution in [1.29, 1.82) is 0 Å². The van der Waals surface area contributed by atoms with Crippen LogP contribution in [0.2, 0.25) is 0 Å². The Morgan fingerprint density at radius 3 is 2.71 bits per heavy atom. The quantitative estimate of drug-likeness (QED) is 0.531. The van der Waals surface area contributed by atoms with Gasteiger partial charge in [0.1, 0.15) is 10.6 Å². The maximum absolute atomic E-state index is 13.4. The van der Waals surface area contributed by atoms with Crippen molar-refractivity contribution in [3.05, 3.63) is 52.3 Å². The zero-order valence-electron chi connectivity index (χ0n) is 17.7. The normalized spacial score (nSPS) is 18.0. The average Bonchev–Trinajstić information content (AvgIpc) is 3.39. The number of nitrogens with zero attached hydrogens (tertiary/aromatic N) is 3. The summed E-state index contributed by atoms with van der Waals surface area (Å²) in [6.45, 7) is 5.01.